The van der Waals surface area contributed by atoms with E-state index >= 15 is 0 Å². The average Bonchev–Trinajstić information content (AvgIpc) is 2.56. The quantitative estimate of drug-likeness (QED) is 0.669. The zero-order valence-corrected chi connectivity index (χ0v) is 13.3. The molecule has 2 unspecified atom stereocenters. The van der Waals surface area contributed by atoms with Gasteiger partial charge in [0.2, 0.25) is 0 Å². The molecule has 2 heterocycles. The third kappa shape index (κ3) is 1.78. The second-order valence-electron chi connectivity index (χ2n) is 6.26. The van der Waals surface area contributed by atoms with Crippen LogP contribution in [-0.2, 0) is 15.2 Å². The van der Waals surface area contributed by atoms with Crippen molar-refractivity contribution in [3.8, 4) is 0 Å². The fourth-order valence-electron chi connectivity index (χ4n) is 3.20. The van der Waals surface area contributed by atoms with Gasteiger partial charge < -0.3 is 19.7 Å². The minimum absolute atomic E-state index is 0.480. The van der Waals surface area contributed by atoms with Crippen LogP contribution in [0.4, 0.5) is 0 Å². The van der Waals surface area contributed by atoms with Crippen LogP contribution >= 0.6 is 0 Å². The molecular weight excluding hydrogens is 292 g/mol. The van der Waals surface area contributed by atoms with Gasteiger partial charge in [-0.25, -0.2) is 4.79 Å². The Morgan fingerprint density at radius 1 is 1.32 bits per heavy atom. The number of aromatic amines is 1. The van der Waals surface area contributed by atoms with E-state index in [0.717, 1.165) is 4.57 Å². The first-order chi connectivity index (χ1) is 9.99. The van der Waals surface area contributed by atoms with Crippen LogP contribution in [-0.4, -0.2) is 50.3 Å². The highest BCUT2D eigenvalue weighted by Crippen LogP contribution is 2.55. The van der Waals surface area contributed by atoms with Gasteiger partial charge in [-0.1, -0.05) is 0 Å². The molecule has 1 aromatic heterocycles. The molecule has 1 aliphatic heterocycles. The number of aromatic nitrogens is 2. The molecule has 124 valence electrons. The highest BCUT2D eigenvalue weighted by atomic mass is 16.6. The number of methoxy groups -OCH3 is 1. The van der Waals surface area contributed by atoms with E-state index in [9.17, 15) is 19.8 Å². The van der Waals surface area contributed by atoms with Crippen molar-refractivity contribution in [2.45, 2.75) is 50.2 Å². The van der Waals surface area contributed by atoms with Gasteiger partial charge in [0.05, 0.1) is 6.61 Å². The lowest BCUT2D eigenvalue weighted by Crippen LogP contribution is -2.65. The van der Waals surface area contributed by atoms with Crippen LogP contribution in [0.5, 0.6) is 0 Å². The molecule has 1 saturated heterocycles. The van der Waals surface area contributed by atoms with Gasteiger partial charge in [0, 0.05) is 19.4 Å². The minimum atomic E-state index is -1.62. The summed E-state index contributed by atoms with van der Waals surface area (Å²) in [5.74, 6) is 0. The van der Waals surface area contributed by atoms with E-state index < -0.39 is 40.4 Å². The van der Waals surface area contributed by atoms with E-state index in [1.165, 1.54) is 33.2 Å². The summed E-state index contributed by atoms with van der Waals surface area (Å²) < 4.78 is 12.6. The van der Waals surface area contributed by atoms with Crippen LogP contribution in [0.3, 0.4) is 0 Å². The van der Waals surface area contributed by atoms with Crippen LogP contribution in [0.1, 0.15) is 27.7 Å². The number of nitrogens with one attached hydrogen (secondary N) is 1. The van der Waals surface area contributed by atoms with Gasteiger partial charge in [-0.2, -0.15) is 0 Å². The standard InChI is InChI=1S/C14H22N2O6/c1-11(8-17)12(2,20)13(3,21-5)14(4,22-11)16-7-6-9(18)15-10(16)19/h6-7,17,20H,8H2,1-5H3,(H,15,18,19)/t11-,12?,13?,14-/m1/s1. The van der Waals surface area contributed by atoms with E-state index in [1.807, 2.05) is 0 Å². The summed E-state index contributed by atoms with van der Waals surface area (Å²) in [5.41, 5.74) is -7.06. The number of aliphatic hydroxyl groups excluding tert-OH is 1. The van der Waals surface area contributed by atoms with Gasteiger partial charge in [0.1, 0.15) is 16.8 Å². The lowest BCUT2D eigenvalue weighted by atomic mass is 9.73. The van der Waals surface area contributed by atoms with Gasteiger partial charge in [-0.3, -0.25) is 14.3 Å². The molecule has 0 amide bonds. The van der Waals surface area contributed by atoms with Crippen molar-refractivity contribution in [2.75, 3.05) is 13.7 Å². The van der Waals surface area contributed by atoms with Crippen molar-refractivity contribution in [3.63, 3.8) is 0 Å². The molecule has 0 aromatic carbocycles. The summed E-state index contributed by atoms with van der Waals surface area (Å²) in [7, 11) is 1.38. The summed E-state index contributed by atoms with van der Waals surface area (Å²) in [6.07, 6.45) is 1.28. The Morgan fingerprint density at radius 2 is 1.91 bits per heavy atom. The maximum absolute atomic E-state index is 12.2. The van der Waals surface area contributed by atoms with E-state index in [-0.39, 0.29) is 0 Å². The number of nitrogens with zero attached hydrogens (tertiary/aromatic N) is 1. The Bertz CT molecular complexity index is 695. The molecule has 1 aromatic rings. The first kappa shape index (κ1) is 16.9. The molecule has 22 heavy (non-hydrogen) atoms. The second-order valence-corrected chi connectivity index (χ2v) is 6.26. The maximum Gasteiger partial charge on any atom is 0.330 e. The van der Waals surface area contributed by atoms with Gasteiger partial charge in [-0.15, -0.1) is 0 Å². The first-order valence-corrected chi connectivity index (χ1v) is 6.90. The van der Waals surface area contributed by atoms with Gasteiger partial charge >= 0.3 is 5.69 Å². The molecule has 2 rings (SSSR count). The molecule has 0 radical (unpaired) electrons. The molecular formula is C14H22N2O6. The largest absolute Gasteiger partial charge is 0.393 e. The third-order valence-electron chi connectivity index (χ3n) is 5.26. The lowest BCUT2D eigenvalue weighted by Gasteiger charge is -2.45. The maximum atomic E-state index is 12.2. The Balaban J connectivity index is 2.77. The van der Waals surface area contributed by atoms with Crippen LogP contribution in [0.2, 0.25) is 0 Å². The molecule has 4 atom stereocenters. The topological polar surface area (TPSA) is 114 Å². The van der Waals surface area contributed by atoms with E-state index in [1.54, 1.807) is 13.8 Å². The molecule has 0 spiro atoms. The summed E-state index contributed by atoms with van der Waals surface area (Å²) >= 11 is 0. The SMILES string of the molecule is COC1(C)C(C)(O)[C@@](C)(CO)O[C@@]1(C)n1ccc(=O)[nH]c1=O. The zero-order valence-electron chi connectivity index (χ0n) is 13.3. The molecule has 0 saturated carbocycles. The van der Waals surface area contributed by atoms with Gasteiger partial charge in [0.25, 0.3) is 5.56 Å². The van der Waals surface area contributed by atoms with Crippen LogP contribution in [0.15, 0.2) is 21.9 Å². The highest BCUT2D eigenvalue weighted by Gasteiger charge is 2.73. The molecule has 3 N–H and O–H groups in total. The van der Waals surface area contributed by atoms with Crippen LogP contribution < -0.4 is 11.2 Å². The third-order valence-corrected chi connectivity index (χ3v) is 5.26. The molecule has 1 aliphatic rings. The lowest BCUT2D eigenvalue weighted by molar-refractivity contribution is -0.207. The Hall–Kier alpha value is -1.48. The number of H-pyrrole nitrogens is 1. The first-order valence-electron chi connectivity index (χ1n) is 6.90. The Kier molecular flexibility index (Phi) is 3.65. The zero-order chi connectivity index (χ0) is 17.0. The van der Waals surface area contributed by atoms with Crippen molar-refractivity contribution in [3.05, 3.63) is 33.1 Å². The highest BCUT2D eigenvalue weighted by molar-refractivity contribution is 5.20. The normalized spacial score (nSPS) is 41.8. The second kappa shape index (κ2) is 4.76. The van der Waals surface area contributed by atoms with Crippen molar-refractivity contribution >= 4 is 0 Å². The fourth-order valence-corrected chi connectivity index (χ4v) is 3.20. The van der Waals surface area contributed by atoms with Crippen molar-refractivity contribution in [1.29, 1.82) is 0 Å². The minimum Gasteiger partial charge on any atom is -0.393 e. The fraction of sp³-hybridized carbons (Fsp3) is 0.714. The Morgan fingerprint density at radius 3 is 2.36 bits per heavy atom. The van der Waals surface area contributed by atoms with Gasteiger partial charge in [0.15, 0.2) is 5.72 Å². The van der Waals surface area contributed by atoms with Gasteiger partial charge in [-0.05, 0) is 27.7 Å². The van der Waals surface area contributed by atoms with Crippen molar-refractivity contribution < 1.29 is 19.7 Å². The molecule has 0 aliphatic carbocycles. The molecule has 8 heteroatoms. The summed E-state index contributed by atoms with van der Waals surface area (Å²) in [5, 5.41) is 20.7. The summed E-state index contributed by atoms with van der Waals surface area (Å²) in [6, 6.07) is 1.18. The van der Waals surface area contributed by atoms with E-state index in [0.29, 0.717) is 0 Å². The Labute approximate surface area is 127 Å². The number of hydrogen-bond acceptors (Lipinski definition) is 6. The van der Waals surface area contributed by atoms with E-state index in [4.69, 9.17) is 9.47 Å². The number of rotatable bonds is 3. The van der Waals surface area contributed by atoms with Crippen molar-refractivity contribution in [1.82, 2.24) is 9.55 Å². The summed E-state index contributed by atoms with van der Waals surface area (Å²) in [6.45, 7) is 5.69. The summed E-state index contributed by atoms with van der Waals surface area (Å²) in [4.78, 5) is 25.6. The number of ether oxygens (including phenoxy) is 2. The number of aliphatic hydroxyl groups is 2. The predicted octanol–water partition coefficient (Wildman–Crippen LogP) is -0.853. The molecule has 0 bridgehead atoms. The average molecular weight is 314 g/mol. The predicted molar refractivity (Wildman–Crippen MR) is 77.6 cm³/mol. The molecule has 1 fully saturated rings. The molecule has 8 nitrogen and oxygen atoms in total. The van der Waals surface area contributed by atoms with Crippen LogP contribution in [0, 0.1) is 0 Å². The number of hydrogen-bond donors (Lipinski definition) is 3. The smallest absolute Gasteiger partial charge is 0.330 e. The monoisotopic (exact) mass is 314 g/mol. The van der Waals surface area contributed by atoms with Crippen molar-refractivity contribution in [2.24, 2.45) is 0 Å². The van der Waals surface area contributed by atoms with E-state index in [2.05, 4.69) is 4.98 Å². The van der Waals surface area contributed by atoms with Crippen LogP contribution in [0.25, 0.3) is 0 Å².